The summed E-state index contributed by atoms with van der Waals surface area (Å²) < 4.78 is 24.0. The highest BCUT2D eigenvalue weighted by atomic mass is 19.1. The summed E-state index contributed by atoms with van der Waals surface area (Å²) in [6.07, 6.45) is 3.34. The molecular weight excluding hydrogens is 301 g/mol. The van der Waals surface area contributed by atoms with Crippen LogP contribution in [-0.4, -0.2) is 22.2 Å². The van der Waals surface area contributed by atoms with Crippen molar-refractivity contribution in [1.82, 2.24) is 15.5 Å². The highest BCUT2D eigenvalue weighted by molar-refractivity contribution is 5.82. The summed E-state index contributed by atoms with van der Waals surface area (Å²) in [5, 5.41) is 6.80. The molecule has 0 saturated heterocycles. The largest absolute Gasteiger partial charge is 0.478 e. The van der Waals surface area contributed by atoms with Crippen LogP contribution in [0.4, 0.5) is 4.39 Å². The Kier molecular flexibility index (Phi) is 4.27. The standard InChI is InChI=1S/C16H18FN3O3/c1-2-12(23-13-7-4-3-6-11(13)17)14(21)19-16(8-5-9-16)15-18-10-22-20-15/h3-4,6-7,10,12H,2,5,8-9H2,1H3,(H,19,21). The molecule has 1 fully saturated rings. The van der Waals surface area contributed by atoms with Crippen LogP contribution < -0.4 is 10.1 Å². The summed E-state index contributed by atoms with van der Waals surface area (Å²) >= 11 is 0. The number of nitrogens with zero attached hydrogens (tertiary/aromatic N) is 2. The molecular formula is C16H18FN3O3. The Morgan fingerprint density at radius 1 is 1.48 bits per heavy atom. The van der Waals surface area contributed by atoms with Crippen LogP contribution >= 0.6 is 0 Å². The zero-order chi connectivity index (χ0) is 16.3. The lowest BCUT2D eigenvalue weighted by atomic mass is 9.76. The first kappa shape index (κ1) is 15.5. The number of benzene rings is 1. The second kappa shape index (κ2) is 6.36. The SMILES string of the molecule is CCC(Oc1ccccc1F)C(=O)NC1(c2ncon2)CCC1. The molecule has 1 aliphatic rings. The highest BCUT2D eigenvalue weighted by Crippen LogP contribution is 2.39. The third kappa shape index (κ3) is 3.04. The quantitative estimate of drug-likeness (QED) is 0.885. The molecule has 122 valence electrons. The van der Waals surface area contributed by atoms with Crippen LogP contribution in [0.1, 0.15) is 38.4 Å². The summed E-state index contributed by atoms with van der Waals surface area (Å²) in [4.78, 5) is 16.6. The lowest BCUT2D eigenvalue weighted by Crippen LogP contribution is -2.55. The van der Waals surface area contributed by atoms with Crippen molar-refractivity contribution in [2.45, 2.75) is 44.2 Å². The molecule has 0 radical (unpaired) electrons. The van der Waals surface area contributed by atoms with Gasteiger partial charge in [0.05, 0.1) is 0 Å². The molecule has 1 aromatic heterocycles. The predicted molar refractivity (Wildman–Crippen MR) is 79.1 cm³/mol. The van der Waals surface area contributed by atoms with Crippen LogP contribution in [0.15, 0.2) is 35.2 Å². The molecule has 6 nitrogen and oxygen atoms in total. The normalized spacial score (nSPS) is 17.1. The van der Waals surface area contributed by atoms with E-state index in [0.717, 1.165) is 19.3 Å². The van der Waals surface area contributed by atoms with Gasteiger partial charge in [-0.2, -0.15) is 4.98 Å². The Balaban J connectivity index is 1.72. The van der Waals surface area contributed by atoms with Crippen molar-refractivity contribution in [3.8, 4) is 5.75 Å². The minimum atomic E-state index is -0.781. The molecule has 1 amide bonds. The van der Waals surface area contributed by atoms with E-state index in [9.17, 15) is 9.18 Å². The number of ether oxygens (including phenoxy) is 1. The second-order valence-electron chi connectivity index (χ2n) is 5.62. The topological polar surface area (TPSA) is 77.2 Å². The van der Waals surface area contributed by atoms with Crippen LogP contribution in [0.2, 0.25) is 0 Å². The molecule has 1 aromatic carbocycles. The Hall–Kier alpha value is -2.44. The molecule has 1 saturated carbocycles. The molecule has 3 rings (SSSR count). The van der Waals surface area contributed by atoms with Crippen LogP contribution in [0.5, 0.6) is 5.75 Å². The number of hydrogen-bond acceptors (Lipinski definition) is 5. The minimum absolute atomic E-state index is 0.0664. The smallest absolute Gasteiger partial charge is 0.261 e. The maximum atomic E-state index is 13.7. The monoisotopic (exact) mass is 319 g/mol. The number of amides is 1. The Morgan fingerprint density at radius 3 is 2.83 bits per heavy atom. The van der Waals surface area contributed by atoms with Gasteiger partial charge in [-0.1, -0.05) is 24.2 Å². The van der Waals surface area contributed by atoms with Crippen molar-refractivity contribution in [1.29, 1.82) is 0 Å². The number of para-hydroxylation sites is 1. The fraction of sp³-hybridized carbons (Fsp3) is 0.438. The molecule has 1 unspecified atom stereocenters. The summed E-state index contributed by atoms with van der Waals surface area (Å²) in [7, 11) is 0. The van der Waals surface area contributed by atoms with E-state index in [1.165, 1.54) is 18.5 Å². The van der Waals surface area contributed by atoms with Gasteiger partial charge < -0.3 is 14.6 Å². The Labute approximate surface area is 133 Å². The average molecular weight is 319 g/mol. The third-order valence-electron chi connectivity index (χ3n) is 4.13. The third-order valence-corrected chi connectivity index (χ3v) is 4.13. The Morgan fingerprint density at radius 2 is 2.26 bits per heavy atom. The molecule has 2 aromatic rings. The van der Waals surface area contributed by atoms with E-state index in [2.05, 4.69) is 15.5 Å². The van der Waals surface area contributed by atoms with Gasteiger partial charge in [-0.05, 0) is 37.8 Å². The van der Waals surface area contributed by atoms with E-state index >= 15 is 0 Å². The van der Waals surface area contributed by atoms with Crippen molar-refractivity contribution in [2.24, 2.45) is 0 Å². The molecule has 1 atom stereocenters. The Bertz CT molecular complexity index is 671. The van der Waals surface area contributed by atoms with E-state index < -0.39 is 17.5 Å². The van der Waals surface area contributed by atoms with Crippen LogP contribution in [0, 0.1) is 5.82 Å². The summed E-state index contributed by atoms with van der Waals surface area (Å²) in [5.74, 6) is -0.259. The van der Waals surface area contributed by atoms with Crippen molar-refractivity contribution in [3.63, 3.8) is 0 Å². The molecule has 0 aliphatic heterocycles. The molecule has 7 heteroatoms. The lowest BCUT2D eigenvalue weighted by molar-refractivity contribution is -0.131. The van der Waals surface area contributed by atoms with Crippen LogP contribution in [-0.2, 0) is 10.3 Å². The number of aromatic nitrogens is 2. The zero-order valence-corrected chi connectivity index (χ0v) is 12.8. The first-order chi connectivity index (χ1) is 11.1. The fourth-order valence-electron chi connectivity index (χ4n) is 2.65. The molecule has 0 spiro atoms. The van der Waals surface area contributed by atoms with Gasteiger partial charge in [0.2, 0.25) is 6.39 Å². The van der Waals surface area contributed by atoms with Gasteiger partial charge in [-0.3, -0.25) is 4.79 Å². The number of halogens is 1. The molecule has 1 heterocycles. The molecule has 0 bridgehead atoms. The number of carbonyl (C=O) groups excluding carboxylic acids is 1. The van der Waals surface area contributed by atoms with Crippen LogP contribution in [0.25, 0.3) is 0 Å². The van der Waals surface area contributed by atoms with Crippen LogP contribution in [0.3, 0.4) is 0 Å². The number of rotatable bonds is 6. The van der Waals surface area contributed by atoms with E-state index in [-0.39, 0.29) is 11.7 Å². The highest BCUT2D eigenvalue weighted by Gasteiger charge is 2.44. The number of carbonyl (C=O) groups is 1. The average Bonchev–Trinajstić information content (AvgIpc) is 3.04. The van der Waals surface area contributed by atoms with E-state index in [4.69, 9.17) is 9.26 Å². The van der Waals surface area contributed by atoms with E-state index in [1.54, 1.807) is 12.1 Å². The summed E-state index contributed by atoms with van der Waals surface area (Å²) in [6, 6.07) is 6.04. The minimum Gasteiger partial charge on any atom is -0.478 e. The lowest BCUT2D eigenvalue weighted by Gasteiger charge is -2.40. The molecule has 1 aliphatic carbocycles. The van der Waals surface area contributed by atoms with Gasteiger partial charge in [0.25, 0.3) is 5.91 Å². The second-order valence-corrected chi connectivity index (χ2v) is 5.62. The van der Waals surface area contributed by atoms with Crippen molar-refractivity contribution in [2.75, 3.05) is 0 Å². The van der Waals surface area contributed by atoms with Gasteiger partial charge >= 0.3 is 0 Å². The predicted octanol–water partition coefficient (Wildman–Crippen LogP) is 2.56. The summed E-state index contributed by atoms with van der Waals surface area (Å²) in [5.41, 5.74) is -0.601. The van der Waals surface area contributed by atoms with E-state index in [0.29, 0.717) is 12.2 Å². The zero-order valence-electron chi connectivity index (χ0n) is 12.8. The van der Waals surface area contributed by atoms with Crippen molar-refractivity contribution >= 4 is 5.91 Å². The first-order valence-electron chi connectivity index (χ1n) is 7.65. The van der Waals surface area contributed by atoms with Gasteiger partial charge in [0, 0.05) is 0 Å². The van der Waals surface area contributed by atoms with E-state index in [1.807, 2.05) is 6.92 Å². The number of hydrogen-bond donors (Lipinski definition) is 1. The van der Waals surface area contributed by atoms with Gasteiger partial charge in [-0.15, -0.1) is 0 Å². The maximum Gasteiger partial charge on any atom is 0.261 e. The fourth-order valence-corrected chi connectivity index (χ4v) is 2.65. The molecule has 23 heavy (non-hydrogen) atoms. The number of nitrogens with one attached hydrogen (secondary N) is 1. The maximum absolute atomic E-state index is 13.7. The van der Waals surface area contributed by atoms with Crippen molar-refractivity contribution < 1.29 is 18.4 Å². The molecule has 1 N–H and O–H groups in total. The van der Waals surface area contributed by atoms with Gasteiger partial charge in [-0.25, -0.2) is 4.39 Å². The van der Waals surface area contributed by atoms with Crippen molar-refractivity contribution in [3.05, 3.63) is 42.3 Å². The van der Waals surface area contributed by atoms with Gasteiger partial charge in [0.15, 0.2) is 23.5 Å². The van der Waals surface area contributed by atoms with Gasteiger partial charge in [0.1, 0.15) is 5.54 Å². The summed E-state index contributed by atoms with van der Waals surface area (Å²) in [6.45, 7) is 1.81. The first-order valence-corrected chi connectivity index (χ1v) is 7.65.